The first-order valence-corrected chi connectivity index (χ1v) is 5.00. The van der Waals surface area contributed by atoms with Gasteiger partial charge in [0.2, 0.25) is 0 Å². The van der Waals surface area contributed by atoms with Gasteiger partial charge in [0.1, 0.15) is 5.75 Å². The summed E-state index contributed by atoms with van der Waals surface area (Å²) in [5.41, 5.74) is 3.78. The van der Waals surface area contributed by atoms with Crippen LogP contribution < -0.4 is 0 Å². The maximum atomic E-state index is 9.70. The Bertz CT molecular complexity index is 400. The molecule has 0 spiro atoms. The summed E-state index contributed by atoms with van der Waals surface area (Å²) in [6.45, 7) is 6.54. The van der Waals surface area contributed by atoms with Crippen molar-refractivity contribution in [3.63, 3.8) is 0 Å². The van der Waals surface area contributed by atoms with Gasteiger partial charge in [-0.05, 0) is 36.0 Å². The number of phenolic OH excluding ortho intramolecular Hbond substituents is 1. The second kappa shape index (κ2) is 2.88. The Morgan fingerprint density at radius 2 is 2.00 bits per heavy atom. The van der Waals surface area contributed by atoms with E-state index in [0.717, 1.165) is 12.0 Å². The molecule has 0 saturated heterocycles. The van der Waals surface area contributed by atoms with Crippen LogP contribution >= 0.6 is 0 Å². The van der Waals surface area contributed by atoms with E-state index in [-0.39, 0.29) is 5.41 Å². The fraction of sp³-hybridized carbons (Fsp3) is 0.385. The normalized spacial score (nSPS) is 17.9. The van der Waals surface area contributed by atoms with Gasteiger partial charge in [0, 0.05) is 5.56 Å². The molecule has 2 rings (SSSR count). The van der Waals surface area contributed by atoms with Gasteiger partial charge in [0.25, 0.3) is 0 Å². The number of hydrogen-bond donors (Lipinski definition) is 1. The summed E-state index contributed by atoms with van der Waals surface area (Å²) in [6.07, 6.45) is 5.23. The van der Waals surface area contributed by atoms with Crippen molar-refractivity contribution in [3.8, 4) is 5.75 Å². The Labute approximate surface area is 85.1 Å². The lowest BCUT2D eigenvalue weighted by molar-refractivity contribution is 0.455. The largest absolute Gasteiger partial charge is 0.507 e. The molecule has 1 aromatic rings. The van der Waals surface area contributed by atoms with E-state index in [2.05, 4.69) is 26.8 Å². The summed E-state index contributed by atoms with van der Waals surface area (Å²) >= 11 is 0. The van der Waals surface area contributed by atoms with Gasteiger partial charge in [-0.25, -0.2) is 0 Å². The van der Waals surface area contributed by atoms with Gasteiger partial charge in [0.15, 0.2) is 0 Å². The minimum atomic E-state index is 0.214. The SMILES string of the molecule is Cc1ccc(O)c2c1CC(C)(C)C=C2. The summed E-state index contributed by atoms with van der Waals surface area (Å²) in [6, 6.07) is 3.76. The fourth-order valence-electron chi connectivity index (χ4n) is 2.01. The molecule has 0 aromatic heterocycles. The Balaban J connectivity index is 2.60. The van der Waals surface area contributed by atoms with E-state index in [4.69, 9.17) is 0 Å². The first kappa shape index (κ1) is 9.32. The van der Waals surface area contributed by atoms with E-state index >= 15 is 0 Å². The molecule has 1 N–H and O–H groups in total. The molecule has 0 heterocycles. The Morgan fingerprint density at radius 1 is 1.29 bits per heavy atom. The highest BCUT2D eigenvalue weighted by molar-refractivity contribution is 5.65. The number of aromatic hydroxyl groups is 1. The molecule has 0 bridgehead atoms. The summed E-state index contributed by atoms with van der Waals surface area (Å²) in [4.78, 5) is 0. The van der Waals surface area contributed by atoms with Crippen molar-refractivity contribution in [2.45, 2.75) is 27.2 Å². The topological polar surface area (TPSA) is 20.2 Å². The number of phenols is 1. The van der Waals surface area contributed by atoms with Crippen LogP contribution in [-0.2, 0) is 6.42 Å². The standard InChI is InChI=1S/C13H16O/c1-9-4-5-12(14)10-6-7-13(2,3)8-11(9)10/h4-7,14H,8H2,1-3H3. The average molecular weight is 188 g/mol. The molecule has 1 nitrogen and oxygen atoms in total. The molecular formula is C13H16O. The third-order valence-corrected chi connectivity index (χ3v) is 2.90. The third kappa shape index (κ3) is 1.43. The molecular weight excluding hydrogens is 172 g/mol. The molecule has 0 radical (unpaired) electrons. The monoisotopic (exact) mass is 188 g/mol. The predicted octanol–water partition coefficient (Wildman–Crippen LogP) is 3.30. The molecule has 0 unspecified atom stereocenters. The number of benzene rings is 1. The molecule has 0 amide bonds. The second-order valence-electron chi connectivity index (χ2n) is 4.79. The van der Waals surface area contributed by atoms with Crippen molar-refractivity contribution in [2.24, 2.45) is 5.41 Å². The summed E-state index contributed by atoms with van der Waals surface area (Å²) in [5.74, 6) is 0.400. The van der Waals surface area contributed by atoms with Gasteiger partial charge in [-0.3, -0.25) is 0 Å². The van der Waals surface area contributed by atoms with Crippen molar-refractivity contribution >= 4 is 6.08 Å². The minimum absolute atomic E-state index is 0.214. The molecule has 1 aliphatic rings. The van der Waals surface area contributed by atoms with Crippen LogP contribution in [0.5, 0.6) is 5.75 Å². The van der Waals surface area contributed by atoms with Crippen molar-refractivity contribution < 1.29 is 5.11 Å². The molecule has 1 aliphatic carbocycles. The van der Waals surface area contributed by atoms with Gasteiger partial charge in [-0.15, -0.1) is 0 Å². The quantitative estimate of drug-likeness (QED) is 0.662. The molecule has 74 valence electrons. The van der Waals surface area contributed by atoms with E-state index < -0.39 is 0 Å². The summed E-state index contributed by atoms with van der Waals surface area (Å²) in [7, 11) is 0. The Morgan fingerprint density at radius 3 is 2.71 bits per heavy atom. The maximum absolute atomic E-state index is 9.70. The number of hydrogen-bond acceptors (Lipinski definition) is 1. The number of allylic oxidation sites excluding steroid dienone is 1. The van der Waals surface area contributed by atoms with Crippen LogP contribution in [0, 0.1) is 12.3 Å². The van der Waals surface area contributed by atoms with Gasteiger partial charge in [-0.2, -0.15) is 0 Å². The van der Waals surface area contributed by atoms with Crippen LogP contribution in [0.4, 0.5) is 0 Å². The lowest BCUT2D eigenvalue weighted by Crippen LogP contribution is -2.16. The molecule has 1 heteroatoms. The van der Waals surface area contributed by atoms with Gasteiger partial charge in [0.05, 0.1) is 0 Å². The van der Waals surface area contributed by atoms with Crippen LogP contribution in [0.25, 0.3) is 6.08 Å². The van der Waals surface area contributed by atoms with E-state index in [1.165, 1.54) is 11.1 Å². The highest BCUT2D eigenvalue weighted by Gasteiger charge is 2.23. The predicted molar refractivity (Wildman–Crippen MR) is 59.4 cm³/mol. The molecule has 0 atom stereocenters. The smallest absolute Gasteiger partial charge is 0.123 e. The zero-order chi connectivity index (χ0) is 10.3. The number of rotatable bonds is 0. The highest BCUT2D eigenvalue weighted by atomic mass is 16.3. The maximum Gasteiger partial charge on any atom is 0.123 e. The lowest BCUT2D eigenvalue weighted by atomic mass is 9.78. The zero-order valence-corrected chi connectivity index (χ0v) is 8.96. The molecule has 1 aromatic carbocycles. The van der Waals surface area contributed by atoms with Crippen molar-refractivity contribution in [1.29, 1.82) is 0 Å². The Kier molecular flexibility index (Phi) is 1.91. The average Bonchev–Trinajstić information content (AvgIpc) is 2.10. The van der Waals surface area contributed by atoms with Crippen LogP contribution in [-0.4, -0.2) is 5.11 Å². The fourth-order valence-corrected chi connectivity index (χ4v) is 2.01. The van der Waals surface area contributed by atoms with Crippen LogP contribution in [0.3, 0.4) is 0 Å². The Hall–Kier alpha value is -1.24. The highest BCUT2D eigenvalue weighted by Crippen LogP contribution is 2.37. The lowest BCUT2D eigenvalue weighted by Gasteiger charge is -2.27. The van der Waals surface area contributed by atoms with Crippen molar-refractivity contribution in [3.05, 3.63) is 34.9 Å². The van der Waals surface area contributed by atoms with Gasteiger partial charge >= 0.3 is 0 Å². The van der Waals surface area contributed by atoms with Gasteiger partial charge < -0.3 is 5.11 Å². The first-order chi connectivity index (χ1) is 6.49. The third-order valence-electron chi connectivity index (χ3n) is 2.90. The van der Waals surface area contributed by atoms with E-state index in [0.29, 0.717) is 5.75 Å². The number of aryl methyl sites for hydroxylation is 1. The number of fused-ring (bicyclic) bond motifs is 1. The molecule has 0 fully saturated rings. The van der Waals surface area contributed by atoms with E-state index in [9.17, 15) is 5.11 Å². The second-order valence-corrected chi connectivity index (χ2v) is 4.79. The van der Waals surface area contributed by atoms with Crippen LogP contribution in [0.1, 0.15) is 30.5 Å². The van der Waals surface area contributed by atoms with Crippen LogP contribution in [0.15, 0.2) is 18.2 Å². The van der Waals surface area contributed by atoms with Gasteiger partial charge in [-0.1, -0.05) is 32.1 Å². The molecule has 0 aliphatic heterocycles. The van der Waals surface area contributed by atoms with Crippen molar-refractivity contribution in [2.75, 3.05) is 0 Å². The zero-order valence-electron chi connectivity index (χ0n) is 8.96. The van der Waals surface area contributed by atoms with E-state index in [1.807, 2.05) is 12.1 Å². The van der Waals surface area contributed by atoms with E-state index in [1.54, 1.807) is 6.07 Å². The summed E-state index contributed by atoms with van der Waals surface area (Å²) in [5, 5.41) is 9.70. The molecule has 14 heavy (non-hydrogen) atoms. The minimum Gasteiger partial charge on any atom is -0.507 e. The molecule has 0 saturated carbocycles. The van der Waals surface area contributed by atoms with Crippen LogP contribution in [0.2, 0.25) is 0 Å². The first-order valence-electron chi connectivity index (χ1n) is 5.00. The van der Waals surface area contributed by atoms with Crippen molar-refractivity contribution in [1.82, 2.24) is 0 Å². The summed E-state index contributed by atoms with van der Waals surface area (Å²) < 4.78 is 0.